The molecule has 0 aromatic heterocycles. The summed E-state index contributed by atoms with van der Waals surface area (Å²) in [5.74, 6) is 0.0125. The maximum Gasteiger partial charge on any atom is 0.223 e. The third kappa shape index (κ3) is 3.77. The number of halogens is 1. The van der Waals surface area contributed by atoms with E-state index in [0.717, 1.165) is 44.5 Å². The zero-order valence-corrected chi connectivity index (χ0v) is 12.8. The Morgan fingerprint density at radius 3 is 2.86 bits per heavy atom. The van der Waals surface area contributed by atoms with Gasteiger partial charge in [-0.2, -0.15) is 0 Å². The lowest BCUT2D eigenvalue weighted by Gasteiger charge is -2.35. The molecule has 0 spiro atoms. The lowest BCUT2D eigenvalue weighted by Crippen LogP contribution is -2.49. The van der Waals surface area contributed by atoms with Crippen molar-refractivity contribution in [1.29, 1.82) is 0 Å². The van der Waals surface area contributed by atoms with E-state index in [1.807, 2.05) is 6.07 Å². The van der Waals surface area contributed by atoms with Crippen LogP contribution in [0.2, 0.25) is 0 Å². The maximum atomic E-state index is 13.4. The number of carbonyl (C=O) groups excluding carboxylic acids is 1. The molecule has 120 valence electrons. The van der Waals surface area contributed by atoms with E-state index in [1.54, 1.807) is 12.1 Å². The van der Waals surface area contributed by atoms with Crippen LogP contribution in [0.1, 0.15) is 25.7 Å². The number of amides is 1. The Labute approximate surface area is 130 Å². The zero-order valence-electron chi connectivity index (χ0n) is 12.8. The molecule has 2 heterocycles. The fraction of sp³-hybridized carbons (Fsp3) is 0.588. The summed E-state index contributed by atoms with van der Waals surface area (Å²) in [7, 11) is 0. The molecule has 1 N–H and O–H groups in total. The molecule has 1 unspecified atom stereocenters. The van der Waals surface area contributed by atoms with Crippen molar-refractivity contribution in [2.45, 2.75) is 31.7 Å². The number of hydrogen-bond acceptors (Lipinski definition) is 3. The second-order valence-corrected chi connectivity index (χ2v) is 6.16. The molecule has 22 heavy (non-hydrogen) atoms. The van der Waals surface area contributed by atoms with E-state index in [1.165, 1.54) is 6.07 Å². The molecule has 0 saturated carbocycles. The Balaban J connectivity index is 1.57. The number of carbonyl (C=O) groups is 1. The highest BCUT2D eigenvalue weighted by molar-refractivity contribution is 5.79. The summed E-state index contributed by atoms with van der Waals surface area (Å²) in [4.78, 5) is 14.5. The van der Waals surface area contributed by atoms with E-state index in [4.69, 9.17) is 4.74 Å². The van der Waals surface area contributed by atoms with Gasteiger partial charge in [0.2, 0.25) is 5.91 Å². The normalized spacial score (nSPS) is 23.3. The quantitative estimate of drug-likeness (QED) is 0.932. The molecule has 0 aliphatic carbocycles. The first-order chi connectivity index (χ1) is 10.7. The molecule has 1 aromatic rings. The Morgan fingerprint density at radius 1 is 1.27 bits per heavy atom. The molecule has 2 saturated heterocycles. The van der Waals surface area contributed by atoms with Gasteiger partial charge in [0, 0.05) is 44.0 Å². The minimum atomic E-state index is -0.217. The number of benzene rings is 1. The zero-order chi connectivity index (χ0) is 15.4. The molecule has 4 nitrogen and oxygen atoms in total. The highest BCUT2D eigenvalue weighted by Crippen LogP contribution is 2.21. The van der Waals surface area contributed by atoms with E-state index >= 15 is 0 Å². The minimum Gasteiger partial charge on any atom is -0.381 e. The van der Waals surface area contributed by atoms with Gasteiger partial charge in [0.25, 0.3) is 0 Å². The third-order valence-corrected chi connectivity index (χ3v) is 4.53. The van der Waals surface area contributed by atoms with Crippen LogP contribution < -0.4 is 10.2 Å². The lowest BCUT2D eigenvalue weighted by atomic mass is 9.97. The summed E-state index contributed by atoms with van der Waals surface area (Å²) in [5.41, 5.74) is 0.894. The first-order valence-corrected chi connectivity index (χ1v) is 8.11. The van der Waals surface area contributed by atoms with E-state index in [0.29, 0.717) is 13.2 Å². The van der Waals surface area contributed by atoms with Gasteiger partial charge in [0.15, 0.2) is 0 Å². The summed E-state index contributed by atoms with van der Waals surface area (Å²) in [6, 6.07) is 6.81. The van der Waals surface area contributed by atoms with Crippen LogP contribution in [0, 0.1) is 11.7 Å². The Hall–Kier alpha value is -1.62. The highest BCUT2D eigenvalue weighted by Gasteiger charge is 2.26. The summed E-state index contributed by atoms with van der Waals surface area (Å²) >= 11 is 0. The van der Waals surface area contributed by atoms with E-state index in [9.17, 15) is 9.18 Å². The van der Waals surface area contributed by atoms with Gasteiger partial charge in [-0.3, -0.25) is 4.79 Å². The van der Waals surface area contributed by atoms with Crippen LogP contribution in [0.15, 0.2) is 24.3 Å². The number of nitrogens with one attached hydrogen (secondary N) is 1. The molecule has 1 amide bonds. The second kappa shape index (κ2) is 7.09. The van der Waals surface area contributed by atoms with E-state index in [2.05, 4.69) is 10.2 Å². The van der Waals surface area contributed by atoms with Crippen LogP contribution in [-0.4, -0.2) is 38.3 Å². The van der Waals surface area contributed by atoms with Crippen molar-refractivity contribution in [3.05, 3.63) is 30.1 Å². The molecular weight excluding hydrogens is 283 g/mol. The molecule has 3 rings (SSSR count). The van der Waals surface area contributed by atoms with Crippen LogP contribution in [0.25, 0.3) is 0 Å². The first kappa shape index (κ1) is 15.3. The average molecular weight is 306 g/mol. The topological polar surface area (TPSA) is 41.6 Å². The van der Waals surface area contributed by atoms with Crippen molar-refractivity contribution in [2.24, 2.45) is 5.92 Å². The summed E-state index contributed by atoms with van der Waals surface area (Å²) < 4.78 is 18.7. The Bertz CT molecular complexity index is 517. The summed E-state index contributed by atoms with van der Waals surface area (Å²) in [6.45, 7) is 3.02. The maximum absolute atomic E-state index is 13.4. The summed E-state index contributed by atoms with van der Waals surface area (Å²) in [6.07, 6.45) is 3.62. The second-order valence-electron chi connectivity index (χ2n) is 6.16. The number of piperidine rings is 1. The fourth-order valence-corrected chi connectivity index (χ4v) is 3.28. The molecule has 0 radical (unpaired) electrons. The molecule has 2 fully saturated rings. The van der Waals surface area contributed by atoms with Gasteiger partial charge in [0.1, 0.15) is 5.82 Å². The number of ether oxygens (including phenoxy) is 1. The van der Waals surface area contributed by atoms with Crippen molar-refractivity contribution in [3.63, 3.8) is 0 Å². The van der Waals surface area contributed by atoms with Crippen molar-refractivity contribution in [1.82, 2.24) is 5.32 Å². The van der Waals surface area contributed by atoms with Crippen molar-refractivity contribution in [3.8, 4) is 0 Å². The third-order valence-electron chi connectivity index (χ3n) is 4.53. The Morgan fingerprint density at radius 2 is 2.09 bits per heavy atom. The average Bonchev–Trinajstić information content (AvgIpc) is 2.56. The van der Waals surface area contributed by atoms with E-state index < -0.39 is 0 Å². The van der Waals surface area contributed by atoms with Gasteiger partial charge in [-0.05, 0) is 43.9 Å². The number of hydrogen-bond donors (Lipinski definition) is 1. The molecule has 2 aliphatic heterocycles. The number of nitrogens with zero attached hydrogens (tertiary/aromatic N) is 1. The van der Waals surface area contributed by atoms with Gasteiger partial charge >= 0.3 is 0 Å². The molecule has 1 aromatic carbocycles. The standard InChI is InChI=1S/C17H23FN2O2/c18-14-3-1-5-16(11-14)20-8-2-4-15(12-20)19-17(21)13-6-9-22-10-7-13/h1,3,5,11,13,15H,2,4,6-10,12H2,(H,19,21). The van der Waals surface area contributed by atoms with Gasteiger partial charge in [-0.25, -0.2) is 4.39 Å². The minimum absolute atomic E-state index is 0.0818. The van der Waals surface area contributed by atoms with Crippen molar-refractivity contribution >= 4 is 11.6 Å². The van der Waals surface area contributed by atoms with Crippen LogP contribution >= 0.6 is 0 Å². The number of anilines is 1. The highest BCUT2D eigenvalue weighted by atomic mass is 19.1. The lowest BCUT2D eigenvalue weighted by molar-refractivity contribution is -0.128. The van der Waals surface area contributed by atoms with Crippen molar-refractivity contribution < 1.29 is 13.9 Å². The molecule has 5 heteroatoms. The molecule has 2 aliphatic rings. The van der Waals surface area contributed by atoms with E-state index in [-0.39, 0.29) is 23.7 Å². The molecule has 0 bridgehead atoms. The van der Waals surface area contributed by atoms with Crippen LogP contribution in [0.4, 0.5) is 10.1 Å². The first-order valence-electron chi connectivity index (χ1n) is 8.11. The van der Waals surface area contributed by atoms with Crippen LogP contribution in [0.3, 0.4) is 0 Å². The largest absolute Gasteiger partial charge is 0.381 e. The van der Waals surface area contributed by atoms with Gasteiger partial charge in [0.05, 0.1) is 0 Å². The van der Waals surface area contributed by atoms with Gasteiger partial charge in [-0.15, -0.1) is 0 Å². The number of rotatable bonds is 3. The monoisotopic (exact) mass is 306 g/mol. The van der Waals surface area contributed by atoms with Crippen molar-refractivity contribution in [2.75, 3.05) is 31.2 Å². The fourth-order valence-electron chi connectivity index (χ4n) is 3.28. The van der Waals surface area contributed by atoms with Crippen LogP contribution in [0.5, 0.6) is 0 Å². The van der Waals surface area contributed by atoms with Gasteiger partial charge in [-0.1, -0.05) is 6.07 Å². The summed E-state index contributed by atoms with van der Waals surface area (Å²) in [5, 5.41) is 3.17. The van der Waals surface area contributed by atoms with Gasteiger partial charge < -0.3 is 15.0 Å². The smallest absolute Gasteiger partial charge is 0.223 e. The Kier molecular flexibility index (Phi) is 4.93. The molecule has 1 atom stereocenters. The predicted molar refractivity (Wildman–Crippen MR) is 83.3 cm³/mol. The SMILES string of the molecule is O=C(NC1CCCN(c2cccc(F)c2)C1)C1CCOCC1. The van der Waals surface area contributed by atoms with Crippen LogP contribution in [-0.2, 0) is 9.53 Å². The predicted octanol–water partition coefficient (Wildman–Crippen LogP) is 2.34. The molecular formula is C17H23FN2O2.